The van der Waals surface area contributed by atoms with Crippen LogP contribution in [0.3, 0.4) is 0 Å². The predicted molar refractivity (Wildman–Crippen MR) is 142 cm³/mol. The largest absolute Gasteiger partial charge is 0.356 e. The van der Waals surface area contributed by atoms with Crippen LogP contribution in [0, 0.1) is 12.8 Å². The van der Waals surface area contributed by atoms with E-state index in [0.717, 1.165) is 37.9 Å². The van der Waals surface area contributed by atoms with E-state index in [4.69, 9.17) is 4.98 Å². The molecule has 2 aliphatic rings. The van der Waals surface area contributed by atoms with Gasteiger partial charge in [0, 0.05) is 31.7 Å². The first-order chi connectivity index (χ1) is 17.6. The second kappa shape index (κ2) is 11.2. The highest BCUT2D eigenvalue weighted by molar-refractivity contribution is 5.79. The number of aromatic nitrogens is 3. The molecule has 1 amide bonds. The van der Waals surface area contributed by atoms with Gasteiger partial charge in [-0.05, 0) is 76.4 Å². The molecule has 36 heavy (non-hydrogen) atoms. The number of likely N-dealkylation sites (tertiary alicyclic amines) is 1. The highest BCUT2D eigenvalue weighted by Crippen LogP contribution is 2.22. The van der Waals surface area contributed by atoms with E-state index < -0.39 is 0 Å². The van der Waals surface area contributed by atoms with E-state index in [9.17, 15) is 9.59 Å². The maximum Gasteiger partial charge on any atom is 0.295 e. The topological polar surface area (TPSA) is 83.4 Å². The molecular weight excluding hydrogens is 452 g/mol. The summed E-state index contributed by atoms with van der Waals surface area (Å²) in [7, 11) is 0. The lowest BCUT2D eigenvalue weighted by atomic mass is 9.96. The molecule has 0 aliphatic carbocycles. The molecule has 2 aromatic heterocycles. The number of fused-ring (bicyclic) bond motifs is 1. The summed E-state index contributed by atoms with van der Waals surface area (Å²) in [6, 6.07) is 12.0. The first-order valence-corrected chi connectivity index (χ1v) is 13.2. The number of piperidine rings is 1. The van der Waals surface area contributed by atoms with Gasteiger partial charge < -0.3 is 15.1 Å². The Labute approximate surface area is 212 Å². The average Bonchev–Trinajstić information content (AvgIpc) is 3.43. The Kier molecular flexibility index (Phi) is 7.60. The normalized spacial score (nSPS) is 17.1. The number of hydrogen-bond acceptors (Lipinski definition) is 6. The van der Waals surface area contributed by atoms with Crippen molar-refractivity contribution in [2.45, 2.75) is 45.6 Å². The molecule has 0 spiro atoms. The molecule has 0 atom stereocenters. The number of pyridine rings is 1. The molecular formula is C28H36N6O2. The van der Waals surface area contributed by atoms with Crippen LogP contribution in [0.5, 0.6) is 0 Å². The van der Waals surface area contributed by atoms with Gasteiger partial charge in [0.15, 0.2) is 11.5 Å². The van der Waals surface area contributed by atoms with Crippen molar-refractivity contribution in [3.8, 4) is 0 Å². The summed E-state index contributed by atoms with van der Waals surface area (Å²) in [5, 5.41) is 3.13. The Morgan fingerprint density at radius 1 is 1.06 bits per heavy atom. The molecule has 0 unspecified atom stereocenters. The smallest absolute Gasteiger partial charge is 0.295 e. The summed E-state index contributed by atoms with van der Waals surface area (Å²) in [5.41, 5.74) is 3.40. The van der Waals surface area contributed by atoms with Gasteiger partial charge in [0.2, 0.25) is 5.91 Å². The number of rotatable bonds is 8. The third-order valence-electron chi connectivity index (χ3n) is 7.46. The minimum atomic E-state index is -0.133. The fraction of sp³-hybridized carbons (Fsp3) is 0.500. The molecule has 0 radical (unpaired) electrons. The lowest BCUT2D eigenvalue weighted by Gasteiger charge is -2.32. The third kappa shape index (κ3) is 5.59. The molecule has 0 bridgehead atoms. The predicted octanol–water partition coefficient (Wildman–Crippen LogP) is 2.97. The molecule has 3 aromatic rings. The van der Waals surface area contributed by atoms with Gasteiger partial charge in [-0.25, -0.2) is 9.97 Å². The summed E-state index contributed by atoms with van der Waals surface area (Å²) in [6.07, 6.45) is 6.74. The number of hydrogen-bond donors (Lipinski definition) is 1. The van der Waals surface area contributed by atoms with Crippen LogP contribution in [0.1, 0.15) is 43.2 Å². The van der Waals surface area contributed by atoms with Crippen LogP contribution in [0.25, 0.3) is 11.2 Å². The Bertz CT molecular complexity index is 1240. The molecule has 4 heterocycles. The molecule has 8 heteroatoms. The molecule has 2 saturated heterocycles. The fourth-order valence-electron chi connectivity index (χ4n) is 5.31. The van der Waals surface area contributed by atoms with Crippen LogP contribution in [0.4, 0.5) is 5.82 Å². The van der Waals surface area contributed by atoms with Gasteiger partial charge in [0.1, 0.15) is 5.52 Å². The van der Waals surface area contributed by atoms with Gasteiger partial charge in [-0.2, -0.15) is 0 Å². The van der Waals surface area contributed by atoms with Crippen molar-refractivity contribution in [3.63, 3.8) is 0 Å². The Balaban J connectivity index is 1.24. The quantitative estimate of drug-likeness (QED) is 0.491. The van der Waals surface area contributed by atoms with E-state index in [0.29, 0.717) is 36.6 Å². The second-order valence-electron chi connectivity index (χ2n) is 10.1. The standard InChI is InChI=1S/C28H36N6O2/c1-21-7-9-22(10-8-21)20-34-25-24(6-4-13-29-25)31-26(28(34)36)33-18-11-23(12-19-33)27(35)30-14-5-17-32-15-2-3-16-32/h4,6-10,13,23H,2-3,5,11-12,14-20H2,1H3,(H,30,35). The monoisotopic (exact) mass is 488 g/mol. The van der Waals surface area contributed by atoms with Crippen molar-refractivity contribution in [2.24, 2.45) is 5.92 Å². The number of benzene rings is 1. The van der Waals surface area contributed by atoms with Crippen molar-refractivity contribution in [1.82, 2.24) is 24.8 Å². The van der Waals surface area contributed by atoms with E-state index >= 15 is 0 Å². The SMILES string of the molecule is Cc1ccc(Cn2c(=O)c(N3CCC(C(=O)NCCCN4CCCC4)CC3)nc3cccnc32)cc1. The van der Waals surface area contributed by atoms with E-state index in [1.807, 2.05) is 29.2 Å². The highest BCUT2D eigenvalue weighted by atomic mass is 16.2. The average molecular weight is 489 g/mol. The minimum absolute atomic E-state index is 0.00931. The molecule has 190 valence electrons. The van der Waals surface area contributed by atoms with E-state index in [-0.39, 0.29) is 17.4 Å². The molecule has 2 fully saturated rings. The zero-order valence-corrected chi connectivity index (χ0v) is 21.2. The first-order valence-electron chi connectivity index (χ1n) is 13.2. The number of nitrogens with zero attached hydrogens (tertiary/aromatic N) is 5. The lowest BCUT2D eigenvalue weighted by Crippen LogP contribution is -2.43. The van der Waals surface area contributed by atoms with Gasteiger partial charge in [-0.3, -0.25) is 14.2 Å². The summed E-state index contributed by atoms with van der Waals surface area (Å²) < 4.78 is 1.72. The van der Waals surface area contributed by atoms with Crippen LogP contribution in [-0.4, -0.2) is 64.6 Å². The van der Waals surface area contributed by atoms with E-state index in [1.165, 1.54) is 31.5 Å². The first kappa shape index (κ1) is 24.4. The fourth-order valence-corrected chi connectivity index (χ4v) is 5.31. The maximum atomic E-state index is 13.6. The van der Waals surface area contributed by atoms with E-state index in [2.05, 4.69) is 34.3 Å². The van der Waals surface area contributed by atoms with Crippen molar-refractivity contribution >= 4 is 22.9 Å². The summed E-state index contributed by atoms with van der Waals surface area (Å²) in [4.78, 5) is 40.0. The van der Waals surface area contributed by atoms with Gasteiger partial charge >= 0.3 is 0 Å². The lowest BCUT2D eigenvalue weighted by molar-refractivity contribution is -0.125. The molecule has 5 rings (SSSR count). The van der Waals surface area contributed by atoms with Crippen molar-refractivity contribution in [2.75, 3.05) is 44.2 Å². The van der Waals surface area contributed by atoms with Crippen molar-refractivity contribution in [3.05, 3.63) is 64.1 Å². The molecule has 0 saturated carbocycles. The molecule has 1 aromatic carbocycles. The maximum absolute atomic E-state index is 13.6. The van der Waals surface area contributed by atoms with Crippen molar-refractivity contribution < 1.29 is 4.79 Å². The molecule has 8 nitrogen and oxygen atoms in total. The minimum Gasteiger partial charge on any atom is -0.356 e. The third-order valence-corrected chi connectivity index (χ3v) is 7.46. The van der Waals surface area contributed by atoms with Crippen LogP contribution in [0.2, 0.25) is 0 Å². The molecule has 2 aliphatic heterocycles. The summed E-state index contributed by atoms with van der Waals surface area (Å²) in [6.45, 7) is 7.97. The van der Waals surface area contributed by atoms with Gasteiger partial charge in [0.25, 0.3) is 5.56 Å². The number of nitrogens with one attached hydrogen (secondary N) is 1. The number of carbonyl (C=O) groups is 1. The van der Waals surface area contributed by atoms with E-state index in [1.54, 1.807) is 10.8 Å². The summed E-state index contributed by atoms with van der Waals surface area (Å²) >= 11 is 0. The van der Waals surface area contributed by atoms with Crippen LogP contribution in [0.15, 0.2) is 47.4 Å². The van der Waals surface area contributed by atoms with Gasteiger partial charge in [-0.1, -0.05) is 29.8 Å². The van der Waals surface area contributed by atoms with Crippen LogP contribution in [-0.2, 0) is 11.3 Å². The number of carbonyl (C=O) groups excluding carboxylic acids is 1. The van der Waals surface area contributed by atoms with Crippen LogP contribution < -0.4 is 15.8 Å². The Morgan fingerprint density at radius 2 is 1.81 bits per heavy atom. The van der Waals surface area contributed by atoms with Gasteiger partial charge in [0.05, 0.1) is 6.54 Å². The van der Waals surface area contributed by atoms with Gasteiger partial charge in [-0.15, -0.1) is 0 Å². The molecule has 1 N–H and O–H groups in total. The van der Waals surface area contributed by atoms with Crippen LogP contribution >= 0.6 is 0 Å². The number of anilines is 1. The summed E-state index contributed by atoms with van der Waals surface area (Å²) in [5.74, 6) is 0.584. The Hall–Kier alpha value is -3.26. The second-order valence-corrected chi connectivity index (χ2v) is 10.1. The highest BCUT2D eigenvalue weighted by Gasteiger charge is 2.27. The zero-order valence-electron chi connectivity index (χ0n) is 21.2. The Morgan fingerprint density at radius 3 is 2.56 bits per heavy atom. The zero-order chi connectivity index (χ0) is 24.9. The number of amides is 1. The number of aryl methyl sites for hydroxylation is 1. The van der Waals surface area contributed by atoms with Crippen molar-refractivity contribution in [1.29, 1.82) is 0 Å².